The summed E-state index contributed by atoms with van der Waals surface area (Å²) in [4.78, 5) is 22.0. The van der Waals surface area contributed by atoms with Crippen molar-refractivity contribution in [2.75, 3.05) is 6.61 Å². The van der Waals surface area contributed by atoms with E-state index in [1.54, 1.807) is 29.5 Å². The van der Waals surface area contributed by atoms with Gasteiger partial charge in [-0.05, 0) is 0 Å². The Labute approximate surface area is 83.9 Å². The lowest BCUT2D eigenvalue weighted by Crippen LogP contribution is -2.71. The SMILES string of the molecule is CC1C(=O)N[C@@]1(CCO)C(=O)I. The van der Waals surface area contributed by atoms with E-state index in [-0.39, 0.29) is 22.2 Å². The molecule has 0 spiro atoms. The molecule has 1 aliphatic heterocycles. The van der Waals surface area contributed by atoms with Crippen LogP contribution in [0.4, 0.5) is 0 Å². The molecule has 1 aliphatic rings. The molecule has 68 valence electrons. The van der Waals surface area contributed by atoms with Crippen molar-refractivity contribution in [3.63, 3.8) is 0 Å². The number of hydrogen-bond acceptors (Lipinski definition) is 3. The number of aliphatic hydroxyl groups excluding tert-OH is 1. The average molecular weight is 283 g/mol. The Morgan fingerprint density at radius 2 is 2.42 bits per heavy atom. The second-order valence-corrected chi connectivity index (χ2v) is 3.91. The van der Waals surface area contributed by atoms with Crippen LogP contribution in [0, 0.1) is 5.92 Å². The maximum absolute atomic E-state index is 11.2. The first-order valence-corrected chi connectivity index (χ1v) is 4.75. The molecule has 1 rings (SSSR count). The highest BCUT2D eigenvalue weighted by Crippen LogP contribution is 2.33. The smallest absolute Gasteiger partial charge is 0.226 e. The van der Waals surface area contributed by atoms with Crippen molar-refractivity contribution in [1.82, 2.24) is 5.32 Å². The molecular formula is C7H10INO3. The number of carbonyl (C=O) groups excluding carboxylic acids is 2. The molecule has 2 atom stereocenters. The Balaban J connectivity index is 2.77. The molecule has 0 aliphatic carbocycles. The maximum atomic E-state index is 11.2. The van der Waals surface area contributed by atoms with Gasteiger partial charge in [0, 0.05) is 35.6 Å². The van der Waals surface area contributed by atoms with Crippen molar-refractivity contribution < 1.29 is 14.7 Å². The molecule has 0 saturated carbocycles. The van der Waals surface area contributed by atoms with Crippen LogP contribution in [0.1, 0.15) is 13.3 Å². The Kier molecular flexibility index (Phi) is 2.72. The molecule has 1 heterocycles. The number of amides is 1. The summed E-state index contributed by atoms with van der Waals surface area (Å²) in [5.41, 5.74) is -0.799. The number of aliphatic hydroxyl groups is 1. The largest absolute Gasteiger partial charge is 0.396 e. The van der Waals surface area contributed by atoms with Crippen LogP contribution >= 0.6 is 22.6 Å². The number of rotatable bonds is 3. The van der Waals surface area contributed by atoms with Crippen LogP contribution in [0.15, 0.2) is 0 Å². The van der Waals surface area contributed by atoms with Gasteiger partial charge in [-0.1, -0.05) is 6.92 Å². The monoisotopic (exact) mass is 283 g/mol. The van der Waals surface area contributed by atoms with Gasteiger partial charge in [0.2, 0.25) is 9.70 Å². The summed E-state index contributed by atoms with van der Waals surface area (Å²) in [5.74, 6) is -0.428. The van der Waals surface area contributed by atoms with Gasteiger partial charge in [-0.15, -0.1) is 0 Å². The van der Waals surface area contributed by atoms with Crippen LogP contribution in [-0.4, -0.2) is 26.9 Å². The molecule has 2 N–H and O–H groups in total. The van der Waals surface area contributed by atoms with E-state index in [0.717, 1.165) is 0 Å². The fraction of sp³-hybridized carbons (Fsp3) is 0.714. The van der Waals surface area contributed by atoms with Crippen molar-refractivity contribution >= 4 is 32.3 Å². The molecular weight excluding hydrogens is 273 g/mol. The minimum absolute atomic E-state index is 0.0840. The highest BCUT2D eigenvalue weighted by Gasteiger charge is 2.54. The number of carbonyl (C=O) groups is 2. The zero-order chi connectivity index (χ0) is 9.35. The van der Waals surface area contributed by atoms with Crippen LogP contribution < -0.4 is 5.32 Å². The third-order valence-electron chi connectivity index (χ3n) is 2.34. The Morgan fingerprint density at radius 3 is 2.67 bits per heavy atom. The van der Waals surface area contributed by atoms with Crippen molar-refractivity contribution in [2.24, 2.45) is 5.92 Å². The van der Waals surface area contributed by atoms with E-state index in [9.17, 15) is 9.59 Å². The standard InChI is InChI=1S/C7H10INO3/c1-4-5(11)9-7(4,2-3-10)6(8)12/h4,10H,2-3H2,1H3,(H,9,11)/t4?,7-/m1/s1. The lowest BCUT2D eigenvalue weighted by atomic mass is 9.76. The second kappa shape index (κ2) is 3.29. The summed E-state index contributed by atoms with van der Waals surface area (Å²) >= 11 is 1.66. The highest BCUT2D eigenvalue weighted by atomic mass is 127. The summed E-state index contributed by atoms with van der Waals surface area (Å²) in [6.07, 6.45) is 0.307. The Hall–Kier alpha value is -0.170. The molecule has 0 aromatic rings. The van der Waals surface area contributed by atoms with Crippen molar-refractivity contribution in [3.05, 3.63) is 0 Å². The molecule has 0 aromatic heterocycles. The summed E-state index contributed by atoms with van der Waals surface area (Å²) in [6.45, 7) is 1.62. The molecule has 0 aromatic carbocycles. The van der Waals surface area contributed by atoms with Gasteiger partial charge in [-0.2, -0.15) is 0 Å². The number of β-lactam (4-membered cyclic amide) rings is 1. The summed E-state index contributed by atoms with van der Waals surface area (Å²) < 4.78 is -0.110. The van der Waals surface area contributed by atoms with Gasteiger partial charge < -0.3 is 10.4 Å². The minimum atomic E-state index is -0.799. The van der Waals surface area contributed by atoms with E-state index in [1.807, 2.05) is 0 Å². The van der Waals surface area contributed by atoms with Crippen LogP contribution in [0.3, 0.4) is 0 Å². The molecule has 1 amide bonds. The quantitative estimate of drug-likeness (QED) is 0.429. The third kappa shape index (κ3) is 1.24. The normalized spacial score (nSPS) is 33.9. The van der Waals surface area contributed by atoms with Crippen molar-refractivity contribution in [2.45, 2.75) is 18.9 Å². The molecule has 1 fully saturated rings. The molecule has 0 radical (unpaired) electrons. The lowest BCUT2D eigenvalue weighted by molar-refractivity contribution is -0.147. The first-order valence-electron chi connectivity index (χ1n) is 3.67. The molecule has 1 unspecified atom stereocenters. The second-order valence-electron chi connectivity index (χ2n) is 2.93. The topological polar surface area (TPSA) is 66.4 Å². The fourth-order valence-corrected chi connectivity index (χ4v) is 2.23. The predicted octanol–water partition coefficient (Wildman–Crippen LogP) is -0.165. The first kappa shape index (κ1) is 9.91. The van der Waals surface area contributed by atoms with Crippen molar-refractivity contribution in [1.29, 1.82) is 0 Å². The van der Waals surface area contributed by atoms with Crippen LogP contribution in [0.2, 0.25) is 0 Å². The first-order chi connectivity index (χ1) is 5.54. The zero-order valence-corrected chi connectivity index (χ0v) is 8.79. The molecule has 1 saturated heterocycles. The van der Waals surface area contributed by atoms with Gasteiger partial charge in [0.15, 0.2) is 0 Å². The van der Waals surface area contributed by atoms with Gasteiger partial charge in [0.1, 0.15) is 5.54 Å². The van der Waals surface area contributed by atoms with Crippen molar-refractivity contribution in [3.8, 4) is 0 Å². The highest BCUT2D eigenvalue weighted by molar-refractivity contribution is 14.1. The Morgan fingerprint density at radius 1 is 1.83 bits per heavy atom. The minimum Gasteiger partial charge on any atom is -0.396 e. The number of hydrogen-bond donors (Lipinski definition) is 2. The van der Waals surface area contributed by atoms with E-state index in [1.165, 1.54) is 0 Å². The van der Waals surface area contributed by atoms with Crippen LogP contribution in [0.25, 0.3) is 0 Å². The maximum Gasteiger partial charge on any atom is 0.226 e. The fourth-order valence-electron chi connectivity index (χ4n) is 1.36. The molecule has 0 bridgehead atoms. The van der Waals surface area contributed by atoms with E-state index >= 15 is 0 Å². The van der Waals surface area contributed by atoms with Crippen LogP contribution in [0.5, 0.6) is 0 Å². The van der Waals surface area contributed by atoms with Gasteiger partial charge in [0.25, 0.3) is 0 Å². The average Bonchev–Trinajstić information content (AvgIpc) is 2.02. The molecule has 12 heavy (non-hydrogen) atoms. The Bertz CT molecular complexity index is 231. The van der Waals surface area contributed by atoms with Gasteiger partial charge in [0.05, 0.1) is 5.92 Å². The lowest BCUT2D eigenvalue weighted by Gasteiger charge is -2.44. The summed E-state index contributed by atoms with van der Waals surface area (Å²) in [5, 5.41) is 11.3. The number of halogens is 1. The van der Waals surface area contributed by atoms with E-state index in [4.69, 9.17) is 5.11 Å². The van der Waals surface area contributed by atoms with Gasteiger partial charge in [-0.25, -0.2) is 0 Å². The third-order valence-corrected chi connectivity index (χ3v) is 3.30. The summed E-state index contributed by atoms with van der Waals surface area (Å²) in [6, 6.07) is 0. The van der Waals surface area contributed by atoms with Crippen LogP contribution in [-0.2, 0) is 9.59 Å². The molecule has 4 nitrogen and oxygen atoms in total. The predicted molar refractivity (Wildman–Crippen MR) is 50.8 cm³/mol. The zero-order valence-electron chi connectivity index (χ0n) is 6.63. The van der Waals surface area contributed by atoms with Gasteiger partial charge in [-0.3, -0.25) is 9.59 Å². The summed E-state index contributed by atoms with van der Waals surface area (Å²) in [7, 11) is 0. The van der Waals surface area contributed by atoms with E-state index in [2.05, 4.69) is 5.32 Å². The van der Waals surface area contributed by atoms with Gasteiger partial charge >= 0.3 is 0 Å². The number of nitrogens with one attached hydrogen (secondary N) is 1. The van der Waals surface area contributed by atoms with E-state index < -0.39 is 5.54 Å². The molecule has 5 heteroatoms. The van der Waals surface area contributed by atoms with E-state index in [0.29, 0.717) is 6.42 Å².